The highest BCUT2D eigenvalue weighted by molar-refractivity contribution is 5.96. The van der Waals surface area contributed by atoms with Crippen LogP contribution in [0.1, 0.15) is 26.3 Å². The summed E-state index contributed by atoms with van der Waals surface area (Å²) in [5.74, 6) is 1.53. The molecule has 1 aromatic heterocycles. The molecule has 0 spiro atoms. The summed E-state index contributed by atoms with van der Waals surface area (Å²) in [5, 5.41) is 14.8. The molecule has 3 rings (SSSR count). The van der Waals surface area contributed by atoms with Crippen molar-refractivity contribution in [3.05, 3.63) is 60.6 Å². The van der Waals surface area contributed by atoms with Crippen molar-refractivity contribution in [2.75, 3.05) is 12.4 Å². The van der Waals surface area contributed by atoms with Gasteiger partial charge in [-0.1, -0.05) is 32.9 Å². The lowest BCUT2D eigenvalue weighted by molar-refractivity contribution is 0.415. The molecular weight excluding hydrogens is 366 g/mol. The number of nitrogens with zero attached hydrogens (tertiary/aromatic N) is 3. The molecule has 0 atom stereocenters. The summed E-state index contributed by atoms with van der Waals surface area (Å²) in [6, 6.07) is 13.4. The van der Waals surface area contributed by atoms with Crippen molar-refractivity contribution in [3.63, 3.8) is 0 Å². The van der Waals surface area contributed by atoms with Crippen LogP contribution in [0.2, 0.25) is 0 Å². The number of nitrogens with one attached hydrogen (secondary N) is 2. The molecular formula is C22H23N5O2. The van der Waals surface area contributed by atoms with Crippen LogP contribution in [0.25, 0.3) is 11.3 Å². The summed E-state index contributed by atoms with van der Waals surface area (Å²) in [7, 11) is 1.58. The fourth-order valence-electron chi connectivity index (χ4n) is 2.77. The van der Waals surface area contributed by atoms with Gasteiger partial charge in [0.15, 0.2) is 18.3 Å². The summed E-state index contributed by atoms with van der Waals surface area (Å²) in [4.78, 5) is 8.49. The monoisotopic (exact) mass is 389 g/mol. The van der Waals surface area contributed by atoms with Crippen molar-refractivity contribution in [2.24, 2.45) is 4.99 Å². The summed E-state index contributed by atoms with van der Waals surface area (Å²) in [6.07, 6.45) is 4.91. The third-order valence-corrected chi connectivity index (χ3v) is 4.29. The Balaban J connectivity index is 1.90. The van der Waals surface area contributed by atoms with E-state index in [1.165, 1.54) is 6.39 Å². The zero-order valence-electron chi connectivity index (χ0n) is 16.9. The van der Waals surface area contributed by atoms with Crippen LogP contribution in [-0.2, 0) is 5.41 Å². The van der Waals surface area contributed by atoms with Gasteiger partial charge in [-0.3, -0.25) is 5.32 Å². The third-order valence-electron chi connectivity index (χ3n) is 4.29. The lowest BCUT2D eigenvalue weighted by Crippen LogP contribution is -2.26. The van der Waals surface area contributed by atoms with E-state index in [9.17, 15) is 0 Å². The van der Waals surface area contributed by atoms with Gasteiger partial charge in [0.1, 0.15) is 5.75 Å². The van der Waals surface area contributed by atoms with E-state index in [1.807, 2.05) is 36.5 Å². The second-order valence-corrected chi connectivity index (χ2v) is 7.40. The smallest absolute Gasteiger partial charge is 0.214 e. The topological polar surface area (TPSA) is 95.5 Å². The summed E-state index contributed by atoms with van der Waals surface area (Å²) in [5.41, 5.74) is 3.39. The van der Waals surface area contributed by atoms with Gasteiger partial charge in [-0.05, 0) is 35.2 Å². The summed E-state index contributed by atoms with van der Waals surface area (Å²) in [6.45, 7) is 6.43. The number of hydrogen-bond acceptors (Lipinski definition) is 5. The molecule has 0 aliphatic heterocycles. The molecule has 0 aliphatic carbocycles. The molecule has 3 aromatic rings. The predicted octanol–water partition coefficient (Wildman–Crippen LogP) is 4.82. The molecule has 0 bridgehead atoms. The van der Waals surface area contributed by atoms with E-state index in [1.54, 1.807) is 19.4 Å². The highest BCUT2D eigenvalue weighted by Crippen LogP contribution is 2.32. The first-order valence-electron chi connectivity index (χ1n) is 9.09. The van der Waals surface area contributed by atoms with Crippen molar-refractivity contribution >= 4 is 17.3 Å². The number of guanidine groups is 1. The van der Waals surface area contributed by atoms with E-state index in [4.69, 9.17) is 14.4 Å². The molecule has 0 fully saturated rings. The molecule has 2 aromatic carbocycles. The van der Waals surface area contributed by atoms with Crippen molar-refractivity contribution in [1.82, 2.24) is 10.3 Å². The maximum Gasteiger partial charge on any atom is 0.214 e. The average Bonchev–Trinajstić information content (AvgIpc) is 3.22. The van der Waals surface area contributed by atoms with Gasteiger partial charge in [0.2, 0.25) is 5.96 Å². The molecule has 7 nitrogen and oxygen atoms in total. The fourth-order valence-corrected chi connectivity index (χ4v) is 2.77. The van der Waals surface area contributed by atoms with Gasteiger partial charge in [0.05, 0.1) is 24.6 Å². The quantitative estimate of drug-likeness (QED) is 0.287. The first-order valence-corrected chi connectivity index (χ1v) is 9.09. The van der Waals surface area contributed by atoms with Gasteiger partial charge in [0.25, 0.3) is 0 Å². The maximum atomic E-state index is 9.12. The van der Waals surface area contributed by atoms with E-state index in [0.29, 0.717) is 23.2 Å². The Morgan fingerprint density at radius 1 is 1.21 bits per heavy atom. The first-order chi connectivity index (χ1) is 13.9. The van der Waals surface area contributed by atoms with Gasteiger partial charge in [-0.15, -0.1) is 0 Å². The number of methoxy groups -OCH3 is 1. The molecule has 7 heteroatoms. The van der Waals surface area contributed by atoms with E-state index in [-0.39, 0.29) is 5.41 Å². The minimum atomic E-state index is 0.00564. The van der Waals surface area contributed by atoms with Crippen LogP contribution in [0.5, 0.6) is 5.75 Å². The molecule has 0 aliphatic rings. The number of oxazole rings is 1. The average molecular weight is 389 g/mol. The number of aromatic nitrogens is 1. The van der Waals surface area contributed by atoms with Crippen LogP contribution in [0, 0.1) is 11.5 Å². The van der Waals surface area contributed by atoms with Crippen LogP contribution in [0.4, 0.5) is 11.4 Å². The number of anilines is 1. The number of hydrogen-bond donors (Lipinski definition) is 2. The van der Waals surface area contributed by atoms with Crippen molar-refractivity contribution in [1.29, 1.82) is 5.26 Å². The van der Waals surface area contributed by atoms with E-state index >= 15 is 0 Å². The molecule has 0 amide bonds. The maximum absolute atomic E-state index is 9.12. The van der Waals surface area contributed by atoms with E-state index in [2.05, 4.69) is 47.4 Å². The largest absolute Gasteiger partial charge is 0.496 e. The van der Waals surface area contributed by atoms with Crippen LogP contribution in [0.15, 0.2) is 64.5 Å². The highest BCUT2D eigenvalue weighted by atomic mass is 16.5. The molecule has 29 heavy (non-hydrogen) atoms. The van der Waals surface area contributed by atoms with Crippen molar-refractivity contribution in [2.45, 2.75) is 26.2 Å². The third kappa shape index (κ3) is 4.93. The second-order valence-electron chi connectivity index (χ2n) is 7.40. The minimum Gasteiger partial charge on any atom is -0.496 e. The van der Waals surface area contributed by atoms with Gasteiger partial charge in [-0.2, -0.15) is 5.26 Å². The lowest BCUT2D eigenvalue weighted by atomic mass is 9.87. The van der Waals surface area contributed by atoms with Crippen LogP contribution < -0.4 is 15.4 Å². The van der Waals surface area contributed by atoms with E-state index < -0.39 is 0 Å². The van der Waals surface area contributed by atoms with Crippen LogP contribution >= 0.6 is 0 Å². The molecule has 148 valence electrons. The van der Waals surface area contributed by atoms with Gasteiger partial charge < -0.3 is 14.5 Å². The van der Waals surface area contributed by atoms with Gasteiger partial charge in [-0.25, -0.2) is 9.98 Å². The Hall–Kier alpha value is -3.79. The molecule has 1 heterocycles. The van der Waals surface area contributed by atoms with Crippen LogP contribution in [-0.4, -0.2) is 18.1 Å². The number of ether oxygens (including phenoxy) is 1. The number of benzene rings is 2. The molecule has 0 radical (unpaired) electrons. The lowest BCUT2D eigenvalue weighted by Gasteiger charge is -2.19. The van der Waals surface area contributed by atoms with Crippen molar-refractivity contribution < 1.29 is 9.15 Å². The minimum absolute atomic E-state index is 0.00564. The standard InChI is InChI=1S/C22H23N5O2/c1-22(2,3)15-6-5-7-16(10-15)26-21(25-13-23)27-17-8-9-18(19(11-17)28-4)20-12-24-14-29-20/h5-12,14H,1-4H3,(H2,25,26,27). The highest BCUT2D eigenvalue weighted by Gasteiger charge is 2.14. The number of rotatable bonds is 4. The predicted molar refractivity (Wildman–Crippen MR) is 113 cm³/mol. The molecule has 0 saturated carbocycles. The second kappa shape index (κ2) is 8.48. The Labute approximate surface area is 170 Å². The molecule has 0 unspecified atom stereocenters. The van der Waals surface area contributed by atoms with Gasteiger partial charge >= 0.3 is 0 Å². The van der Waals surface area contributed by atoms with Crippen LogP contribution in [0.3, 0.4) is 0 Å². The summed E-state index contributed by atoms with van der Waals surface area (Å²) < 4.78 is 10.8. The van der Waals surface area contributed by atoms with E-state index in [0.717, 1.165) is 16.8 Å². The number of nitriles is 1. The zero-order chi connectivity index (χ0) is 20.9. The number of aliphatic imine (C=N–C) groups is 1. The van der Waals surface area contributed by atoms with Gasteiger partial charge in [0, 0.05) is 11.8 Å². The molecule has 2 N–H and O–H groups in total. The Morgan fingerprint density at radius 2 is 2.03 bits per heavy atom. The normalized spacial score (nSPS) is 11.6. The molecule has 0 saturated heterocycles. The Morgan fingerprint density at radius 3 is 2.69 bits per heavy atom. The summed E-state index contributed by atoms with van der Waals surface area (Å²) >= 11 is 0. The SMILES string of the molecule is COc1cc(NC(=Nc2cccc(C(C)(C)C)c2)NC#N)ccc1-c1cnco1. The zero-order valence-corrected chi connectivity index (χ0v) is 16.9. The fraction of sp³-hybridized carbons (Fsp3) is 0.227. The Kier molecular flexibility index (Phi) is 5.84. The first kappa shape index (κ1) is 20.0. The van der Waals surface area contributed by atoms with Crippen molar-refractivity contribution in [3.8, 4) is 23.3 Å². The Bertz CT molecular complexity index is 1040.